The molecule has 0 saturated carbocycles. The Morgan fingerprint density at radius 2 is 0.845 bits per heavy atom. The first kappa shape index (κ1) is 103. The van der Waals surface area contributed by atoms with Gasteiger partial charge < -0.3 is 111 Å². The second kappa shape index (κ2) is 44.8. The number of rotatable bonds is 18. The number of hydrogen-bond acceptors (Lipinski definition) is 37. The van der Waals surface area contributed by atoms with E-state index in [1.807, 2.05) is 83.1 Å². The van der Waals surface area contributed by atoms with Gasteiger partial charge in [-0.3, -0.25) is 24.2 Å². The van der Waals surface area contributed by atoms with Crippen LogP contribution in [0.15, 0.2) is 165 Å². The minimum atomic E-state index is -4.89. The number of fused-ring (bicyclic) bond motifs is 2. The lowest BCUT2D eigenvalue weighted by atomic mass is 9.91. The first-order valence-corrected chi connectivity index (χ1v) is 47.5. The Morgan fingerprint density at radius 1 is 0.432 bits per heavy atom. The number of aromatic amines is 1. The van der Waals surface area contributed by atoms with Gasteiger partial charge in [0.25, 0.3) is 23.6 Å². The molecule has 20 rings (SSSR count). The van der Waals surface area contributed by atoms with Crippen LogP contribution >= 0.6 is 0 Å². The highest BCUT2D eigenvalue weighted by Crippen LogP contribution is 2.42. The van der Waals surface area contributed by atoms with E-state index < -0.39 is 75.6 Å². The number of pyridine rings is 6. The van der Waals surface area contributed by atoms with E-state index >= 15 is 0 Å². The number of alkyl halides is 6. The van der Waals surface area contributed by atoms with E-state index in [2.05, 4.69) is 116 Å². The fourth-order valence-electron chi connectivity index (χ4n) is 17.7. The summed E-state index contributed by atoms with van der Waals surface area (Å²) in [5.41, 5.74) is 50.3. The van der Waals surface area contributed by atoms with E-state index in [-0.39, 0.29) is 92.7 Å². The van der Waals surface area contributed by atoms with Crippen LogP contribution in [-0.4, -0.2) is 237 Å². The van der Waals surface area contributed by atoms with Crippen molar-refractivity contribution in [2.75, 3.05) is 179 Å². The van der Waals surface area contributed by atoms with Crippen LogP contribution in [0.5, 0.6) is 0 Å². The lowest BCUT2D eigenvalue weighted by Crippen LogP contribution is -2.48. The Bertz CT molecular complexity index is 7260. The number of benzene rings is 2. The van der Waals surface area contributed by atoms with Gasteiger partial charge in [-0.15, -0.1) is 0 Å². The van der Waals surface area contributed by atoms with Crippen LogP contribution in [0.4, 0.5) is 112 Å². The van der Waals surface area contributed by atoms with Crippen LogP contribution in [0.2, 0.25) is 0 Å². The van der Waals surface area contributed by atoms with Gasteiger partial charge in [-0.05, 0) is 162 Å². The number of aryl methyl sites for hydroxylation is 1. The molecule has 14 aromatic rings. The Kier molecular flexibility index (Phi) is 31.1. The van der Waals surface area contributed by atoms with E-state index in [1.165, 1.54) is 42.9 Å². The lowest BCUT2D eigenvalue weighted by molar-refractivity contribution is -0.138. The summed E-state index contributed by atoms with van der Waals surface area (Å²) in [6.07, 6.45) is 9.34. The first-order valence-electron chi connectivity index (χ1n) is 47.5. The number of anilines is 14. The largest absolute Gasteiger partial charge is 0.419 e. The summed E-state index contributed by atoms with van der Waals surface area (Å²) in [4.78, 5) is 137. The fourth-order valence-corrected chi connectivity index (χ4v) is 17.7. The average Bonchev–Trinajstić information content (AvgIpc) is 0.933. The summed E-state index contributed by atoms with van der Waals surface area (Å²) in [5.74, 6) is -1.41. The first-order chi connectivity index (χ1) is 71.1. The second-order valence-electron chi connectivity index (χ2n) is 36.1. The van der Waals surface area contributed by atoms with Gasteiger partial charge in [-0.25, -0.2) is 79.2 Å². The zero-order chi connectivity index (χ0) is 104. The summed E-state index contributed by atoms with van der Waals surface area (Å²) in [6, 6.07) is 32.0. The van der Waals surface area contributed by atoms with Crippen molar-refractivity contribution in [3.63, 3.8) is 0 Å². The standard InChI is InChI=1S/C27H29FN10O2.C25H28F3N9O2.C24H26N8O.C23H22F3N9O/c28-16-3-4-19-18(14-16)22(35-27(34-19)38-10-12-40-13-11-38)20-15-32-24(30)23(33-20)26(39)36-25-21(2-1-7-31-25)37-8-5-17(29)6-9-37;26-25(27,28)16-3-4-19(37-10-12-39-13-11-37)34-20(16)17-14-32-22(30)21(33-17)24(38)35-23-18(2-1-7-31-23)36-8-5-15(29)6-9-36;1-14-12-17-16(4-2-5-18(17)29-14)19-13-28-22(26)21(30-19)24(33)31-23-20(6-3-9-27-23)32-10-7-15(25)8-11-32;1-22(29)5-9-35(10-6-22)15-3-2-7-31-20(15)34-21(36)18-19(28)32-12-14(33-18)17-16(23(24,25)26)13(11-27)4-8-30-17/h1-4,7,14-15,17H,5-6,8-13,29H2,(H2,30,32)(H,31,36,39);1-4,7,14-15H,5-6,8-13,29H2,(H2,30,32)(H,31,35,38);2-6,9,12-13,15,29H,7-8,10-11,25H2,1H3,(H2,26,28)(H,27,31,33);2-4,7-8,12H,5-6,9-10,29H2,1H3,(H2,28,32)(H,31,34,36). The molecule has 21 N–H and O–H groups in total. The molecule has 0 atom stereocenters. The van der Waals surface area contributed by atoms with Crippen LogP contribution in [0.3, 0.4) is 0 Å². The molecule has 12 aromatic heterocycles. The predicted octanol–water partition coefficient (Wildman–Crippen LogP) is 10.8. The van der Waals surface area contributed by atoms with Gasteiger partial charge in [-0.1, -0.05) is 12.1 Å². The van der Waals surface area contributed by atoms with Crippen LogP contribution in [0, 0.1) is 24.1 Å². The molecule has 0 spiro atoms. The van der Waals surface area contributed by atoms with Gasteiger partial charge in [0.05, 0.1) is 102 Å². The van der Waals surface area contributed by atoms with Crippen LogP contribution in [0.25, 0.3) is 67.2 Å². The van der Waals surface area contributed by atoms with E-state index in [4.69, 9.17) is 65.6 Å². The maximum atomic E-state index is 14.3. The zero-order valence-corrected chi connectivity index (χ0v) is 80.3. The van der Waals surface area contributed by atoms with Gasteiger partial charge in [0, 0.05) is 161 Å². The number of amides is 4. The molecule has 6 fully saturated rings. The number of nitrogens with one attached hydrogen (secondary N) is 5. The molecule has 6 aliphatic rings. The summed E-state index contributed by atoms with van der Waals surface area (Å²) >= 11 is 0. The van der Waals surface area contributed by atoms with Gasteiger partial charge in [-0.2, -0.15) is 31.6 Å². The molecule has 6 saturated heterocycles. The van der Waals surface area contributed by atoms with Crippen molar-refractivity contribution >= 4 is 126 Å². The van der Waals surface area contributed by atoms with Crippen molar-refractivity contribution in [3.05, 3.63) is 216 Å². The topological polar surface area (TPSA) is 608 Å². The number of nitrogen functional groups attached to an aromatic ring is 4. The van der Waals surface area contributed by atoms with E-state index in [0.29, 0.717) is 136 Å². The molecule has 0 unspecified atom stereocenters. The predicted molar refractivity (Wildman–Crippen MR) is 545 cm³/mol. The molecule has 4 amide bonds. The van der Waals surface area contributed by atoms with E-state index in [0.717, 1.165) is 142 Å². The van der Waals surface area contributed by atoms with Crippen LogP contribution in [-0.2, 0) is 21.8 Å². The summed E-state index contributed by atoms with van der Waals surface area (Å²) < 4.78 is 108. The highest BCUT2D eigenvalue weighted by atomic mass is 19.4. The molecule has 42 nitrogen and oxygen atoms in total. The molecule has 6 aliphatic heterocycles. The number of carbonyl (C=O) groups excluding carboxylic acids is 4. The normalized spacial score (nSPS) is 15.8. The van der Waals surface area contributed by atoms with Crippen molar-refractivity contribution in [1.29, 1.82) is 5.26 Å². The number of H-pyrrole nitrogens is 1. The maximum absolute atomic E-state index is 14.3. The summed E-state index contributed by atoms with van der Waals surface area (Å²) in [7, 11) is 0. The number of nitrogens with two attached hydrogens (primary N) is 8. The lowest BCUT2D eigenvalue weighted by Gasteiger charge is -2.38. The number of nitriles is 1. The van der Waals surface area contributed by atoms with E-state index in [1.54, 1.807) is 42.9 Å². The fraction of sp³-hybridized carbons (Fsp3) is 0.323. The second-order valence-corrected chi connectivity index (χ2v) is 36.1. The molecule has 0 aliphatic carbocycles. The number of piperidine rings is 4. The molecule has 0 radical (unpaired) electrons. The number of carbonyl (C=O) groups is 4. The van der Waals surface area contributed by atoms with Crippen molar-refractivity contribution in [1.82, 2.24) is 84.7 Å². The van der Waals surface area contributed by atoms with Gasteiger partial charge >= 0.3 is 12.4 Å². The number of aromatic nitrogens is 17. The molecule has 2 aromatic carbocycles. The van der Waals surface area contributed by atoms with Gasteiger partial charge in [0.15, 0.2) is 69.3 Å². The Balaban J connectivity index is 0.000000135. The van der Waals surface area contributed by atoms with Crippen molar-refractivity contribution in [2.45, 2.75) is 101 Å². The third-order valence-electron chi connectivity index (χ3n) is 25.6. The molecule has 766 valence electrons. The maximum Gasteiger partial charge on any atom is 0.419 e. The zero-order valence-electron chi connectivity index (χ0n) is 80.3. The molecular formula is C99H105F7N36O6. The molecule has 18 heterocycles. The number of nitrogens with zero attached hydrogens (tertiary/aromatic N) is 23. The minimum Gasteiger partial charge on any atom is -0.382 e. The monoisotopic (exact) mass is 2030 g/mol. The molecule has 148 heavy (non-hydrogen) atoms. The Labute approximate surface area is 842 Å². The van der Waals surface area contributed by atoms with Gasteiger partial charge in [0.2, 0.25) is 5.95 Å². The Hall–Kier alpha value is -16.8. The average molecular weight is 2030 g/mol. The third kappa shape index (κ3) is 24.0. The third-order valence-corrected chi connectivity index (χ3v) is 25.6. The van der Waals surface area contributed by atoms with E-state index in [9.17, 15) is 49.9 Å². The summed E-state index contributed by atoms with van der Waals surface area (Å²) in [6.45, 7) is 14.0. The summed E-state index contributed by atoms with van der Waals surface area (Å²) in [5, 5.41) is 21.7. The Morgan fingerprint density at radius 3 is 1.28 bits per heavy atom. The molecular weight excluding hydrogens is 1920 g/mol. The van der Waals surface area contributed by atoms with Crippen molar-refractivity contribution in [2.24, 2.45) is 22.9 Å². The van der Waals surface area contributed by atoms with Gasteiger partial charge in [0.1, 0.15) is 51.4 Å². The van der Waals surface area contributed by atoms with Crippen molar-refractivity contribution in [3.8, 4) is 51.5 Å². The molecule has 49 heteroatoms. The SMILES string of the molecule is CC1(N)CCN(c2cccnc2NC(=O)c2nc(-c3nccc(C#N)c3C(F)(F)F)cnc2N)CC1.Cc1cc2c(-c3cnc(N)c(C(=O)Nc4ncccc4N4CCC(N)CC4)n3)cccc2[nH]1.Nc1ncc(-c2nc(N3CCOCC3)ccc2C(F)(F)F)nc1C(=O)Nc1ncccc1N1CCC(N)CC1.Nc1ncc(-c2nc(N3CCOCC3)nc3ccc(F)cc23)nc1C(=O)Nc1ncccc1N1CCC(N)CC1. The van der Waals surface area contributed by atoms with Crippen molar-refractivity contribution < 1.29 is 59.4 Å². The quantitative estimate of drug-likeness (QED) is 0.0355. The number of ether oxygens (including phenoxy) is 2. The number of halogens is 7. The van der Waals surface area contributed by atoms with Crippen LogP contribution < -0.4 is 96.5 Å². The smallest absolute Gasteiger partial charge is 0.382 e. The highest BCUT2D eigenvalue weighted by Gasteiger charge is 2.41. The molecule has 0 bridgehead atoms. The number of hydrogen-bond donors (Lipinski definition) is 13. The van der Waals surface area contributed by atoms with Crippen LogP contribution in [0.1, 0.15) is 123 Å². The minimum absolute atomic E-state index is 0.0550. The highest BCUT2D eigenvalue weighted by molar-refractivity contribution is 6.10. The number of morpholine rings is 2.